The average molecular weight is 323 g/mol. The van der Waals surface area contributed by atoms with Crippen LogP contribution in [0.3, 0.4) is 0 Å². The van der Waals surface area contributed by atoms with Gasteiger partial charge in [-0.2, -0.15) is 5.26 Å². The fourth-order valence-electron chi connectivity index (χ4n) is 2.02. The molecule has 0 bridgehead atoms. The molecule has 0 atom stereocenters. The SMILES string of the molecule is N#Cc1ccc(CCn2c(CO)c(Cl)cc(Cl)c2=O)cc1. The zero-order valence-electron chi connectivity index (χ0n) is 11.0. The molecule has 1 aromatic carbocycles. The summed E-state index contributed by atoms with van der Waals surface area (Å²) >= 11 is 11.8. The summed E-state index contributed by atoms with van der Waals surface area (Å²) in [6, 6.07) is 10.5. The van der Waals surface area contributed by atoms with Crippen molar-refractivity contribution < 1.29 is 5.11 Å². The Bertz CT molecular complexity index is 746. The van der Waals surface area contributed by atoms with Gasteiger partial charge in [-0.3, -0.25) is 4.79 Å². The minimum absolute atomic E-state index is 0.0250. The van der Waals surface area contributed by atoms with Crippen molar-refractivity contribution in [2.75, 3.05) is 0 Å². The van der Waals surface area contributed by atoms with Gasteiger partial charge < -0.3 is 9.67 Å². The quantitative estimate of drug-likeness (QED) is 0.941. The van der Waals surface area contributed by atoms with Gasteiger partial charge in [0.25, 0.3) is 5.56 Å². The number of aromatic nitrogens is 1. The second-order valence-electron chi connectivity index (χ2n) is 4.46. The summed E-state index contributed by atoms with van der Waals surface area (Å²) in [6.45, 7) is 0.0134. The van der Waals surface area contributed by atoms with Crippen molar-refractivity contribution in [2.45, 2.75) is 19.6 Å². The maximum absolute atomic E-state index is 12.0. The molecule has 1 heterocycles. The molecule has 0 aliphatic rings. The number of pyridine rings is 1. The first-order valence-electron chi connectivity index (χ1n) is 6.24. The lowest BCUT2D eigenvalue weighted by atomic mass is 10.1. The van der Waals surface area contributed by atoms with Crippen molar-refractivity contribution >= 4 is 23.2 Å². The van der Waals surface area contributed by atoms with Crippen molar-refractivity contribution in [3.8, 4) is 6.07 Å². The van der Waals surface area contributed by atoms with Gasteiger partial charge in [0.05, 0.1) is 29.0 Å². The molecule has 0 saturated carbocycles. The van der Waals surface area contributed by atoms with Crippen LogP contribution in [0.25, 0.3) is 0 Å². The number of nitrogens with zero attached hydrogens (tertiary/aromatic N) is 2. The van der Waals surface area contributed by atoms with Crippen molar-refractivity contribution in [1.82, 2.24) is 4.57 Å². The highest BCUT2D eigenvalue weighted by Gasteiger charge is 2.12. The highest BCUT2D eigenvalue weighted by Crippen LogP contribution is 2.18. The van der Waals surface area contributed by atoms with Gasteiger partial charge in [-0.15, -0.1) is 0 Å². The van der Waals surface area contributed by atoms with Gasteiger partial charge >= 0.3 is 0 Å². The van der Waals surface area contributed by atoms with E-state index < -0.39 is 0 Å². The van der Waals surface area contributed by atoms with Gasteiger partial charge in [0, 0.05) is 6.54 Å². The first-order chi connectivity index (χ1) is 10.1. The Morgan fingerprint density at radius 3 is 2.43 bits per heavy atom. The molecule has 0 aliphatic heterocycles. The normalized spacial score (nSPS) is 10.4. The van der Waals surface area contributed by atoms with E-state index in [1.54, 1.807) is 12.1 Å². The zero-order valence-corrected chi connectivity index (χ0v) is 12.5. The largest absolute Gasteiger partial charge is 0.390 e. The summed E-state index contributed by atoms with van der Waals surface area (Å²) < 4.78 is 1.38. The third-order valence-corrected chi connectivity index (χ3v) is 3.76. The van der Waals surface area contributed by atoms with Crippen molar-refractivity contribution in [1.29, 1.82) is 5.26 Å². The lowest BCUT2D eigenvalue weighted by Gasteiger charge is -2.13. The molecule has 0 amide bonds. The summed E-state index contributed by atoms with van der Waals surface area (Å²) in [6.07, 6.45) is 0.565. The topological polar surface area (TPSA) is 66.0 Å². The lowest BCUT2D eigenvalue weighted by Crippen LogP contribution is -2.25. The lowest BCUT2D eigenvalue weighted by molar-refractivity contribution is 0.268. The summed E-state index contributed by atoms with van der Waals surface area (Å²) in [5.74, 6) is 0. The van der Waals surface area contributed by atoms with Gasteiger partial charge in [0.1, 0.15) is 5.02 Å². The molecule has 0 radical (unpaired) electrons. The summed E-state index contributed by atoms with van der Waals surface area (Å²) in [7, 11) is 0. The van der Waals surface area contributed by atoms with E-state index >= 15 is 0 Å². The Hall–Kier alpha value is -1.80. The molecule has 108 valence electrons. The number of rotatable bonds is 4. The van der Waals surface area contributed by atoms with Crippen LogP contribution in [0.5, 0.6) is 0 Å². The van der Waals surface area contributed by atoms with Crippen LogP contribution >= 0.6 is 23.2 Å². The molecule has 0 saturated heterocycles. The molecule has 0 unspecified atom stereocenters. The van der Waals surface area contributed by atoms with E-state index in [9.17, 15) is 9.90 Å². The molecule has 0 aliphatic carbocycles. The minimum atomic E-state index is -0.376. The van der Waals surface area contributed by atoms with E-state index in [0.717, 1.165) is 5.56 Å². The highest BCUT2D eigenvalue weighted by molar-refractivity contribution is 6.34. The van der Waals surface area contributed by atoms with Crippen molar-refractivity contribution in [3.05, 3.63) is 67.6 Å². The smallest absolute Gasteiger partial charge is 0.269 e. The van der Waals surface area contributed by atoms with Crippen LogP contribution in [0.1, 0.15) is 16.8 Å². The van der Waals surface area contributed by atoms with Gasteiger partial charge in [0.2, 0.25) is 0 Å². The molecular formula is C15H12Cl2N2O2. The van der Waals surface area contributed by atoms with Gasteiger partial charge in [-0.05, 0) is 30.2 Å². The van der Waals surface area contributed by atoms with Crippen LogP contribution in [0.4, 0.5) is 0 Å². The Labute approximate surface area is 131 Å². The molecule has 2 aromatic rings. The number of aryl methyl sites for hydroxylation is 1. The van der Waals surface area contributed by atoms with E-state index in [2.05, 4.69) is 0 Å². The molecule has 1 N–H and O–H groups in total. The molecule has 21 heavy (non-hydrogen) atoms. The predicted octanol–water partition coefficient (Wildman–Crippen LogP) is 2.76. The molecule has 6 heteroatoms. The van der Waals surface area contributed by atoms with Crippen LogP contribution in [-0.4, -0.2) is 9.67 Å². The Morgan fingerprint density at radius 1 is 1.19 bits per heavy atom. The molecule has 2 rings (SSSR count). The van der Waals surface area contributed by atoms with E-state index in [1.165, 1.54) is 10.6 Å². The molecule has 1 aromatic heterocycles. The van der Waals surface area contributed by atoms with E-state index in [1.807, 2.05) is 18.2 Å². The van der Waals surface area contributed by atoms with Crippen LogP contribution < -0.4 is 5.56 Å². The second-order valence-corrected chi connectivity index (χ2v) is 5.27. The third-order valence-electron chi connectivity index (χ3n) is 3.16. The van der Waals surface area contributed by atoms with E-state index in [-0.39, 0.29) is 22.2 Å². The Kier molecular flexibility index (Phi) is 5.03. The number of benzene rings is 1. The van der Waals surface area contributed by atoms with Crippen LogP contribution in [-0.2, 0) is 19.6 Å². The summed E-state index contributed by atoms with van der Waals surface area (Å²) in [5.41, 5.74) is 1.53. The van der Waals surface area contributed by atoms with E-state index in [4.69, 9.17) is 28.5 Å². The number of aliphatic hydroxyl groups is 1. The molecule has 0 fully saturated rings. The van der Waals surface area contributed by atoms with Gasteiger partial charge in [-0.25, -0.2) is 0 Å². The summed E-state index contributed by atoms with van der Waals surface area (Å²) in [4.78, 5) is 12.0. The monoisotopic (exact) mass is 322 g/mol. The van der Waals surface area contributed by atoms with Crippen LogP contribution in [0, 0.1) is 11.3 Å². The Morgan fingerprint density at radius 2 is 1.86 bits per heavy atom. The van der Waals surface area contributed by atoms with Crippen molar-refractivity contribution in [3.63, 3.8) is 0 Å². The second kappa shape index (κ2) is 6.77. The number of hydrogen-bond donors (Lipinski definition) is 1. The maximum Gasteiger partial charge on any atom is 0.269 e. The molecular weight excluding hydrogens is 311 g/mol. The Balaban J connectivity index is 2.27. The fraction of sp³-hybridized carbons (Fsp3) is 0.200. The fourth-order valence-corrected chi connectivity index (χ4v) is 2.56. The zero-order chi connectivity index (χ0) is 15.4. The van der Waals surface area contributed by atoms with Crippen LogP contribution in [0.2, 0.25) is 10.0 Å². The van der Waals surface area contributed by atoms with E-state index in [0.29, 0.717) is 24.2 Å². The van der Waals surface area contributed by atoms with Crippen LogP contribution in [0.15, 0.2) is 35.1 Å². The highest BCUT2D eigenvalue weighted by atomic mass is 35.5. The van der Waals surface area contributed by atoms with Crippen molar-refractivity contribution in [2.24, 2.45) is 0 Å². The average Bonchev–Trinajstić information content (AvgIpc) is 2.50. The van der Waals surface area contributed by atoms with Gasteiger partial charge in [0.15, 0.2) is 0 Å². The number of aliphatic hydroxyl groups excluding tert-OH is 1. The number of nitriles is 1. The first-order valence-corrected chi connectivity index (χ1v) is 7.00. The molecule has 4 nitrogen and oxygen atoms in total. The third kappa shape index (κ3) is 3.45. The summed E-state index contributed by atoms with van der Waals surface area (Å²) in [5, 5.41) is 18.4. The number of halogens is 2. The standard InChI is InChI=1S/C15H12Cl2N2O2/c16-12-7-13(17)15(21)19(14(12)9-20)6-5-10-1-3-11(8-18)4-2-10/h1-4,7,20H,5-6,9H2. The van der Waals surface area contributed by atoms with Gasteiger partial charge in [-0.1, -0.05) is 35.3 Å². The number of hydrogen-bond acceptors (Lipinski definition) is 3. The first kappa shape index (κ1) is 15.6. The minimum Gasteiger partial charge on any atom is -0.390 e. The molecule has 0 spiro atoms. The predicted molar refractivity (Wildman–Crippen MR) is 81.5 cm³/mol. The maximum atomic E-state index is 12.0.